The zero-order valence-corrected chi connectivity index (χ0v) is 22.7. The summed E-state index contributed by atoms with van der Waals surface area (Å²) in [5.74, 6) is -1.20. The molecule has 0 saturated carbocycles. The van der Waals surface area contributed by atoms with Gasteiger partial charge in [-0.05, 0) is 61.6 Å². The number of aromatic nitrogens is 2. The molecule has 0 aliphatic heterocycles. The molecule has 9 heteroatoms. The number of nitrogens with one attached hydrogen (secondary N) is 1. The van der Waals surface area contributed by atoms with Gasteiger partial charge < -0.3 is 14.8 Å². The first-order chi connectivity index (χ1) is 17.6. The molecule has 0 saturated heterocycles. The van der Waals surface area contributed by atoms with Gasteiger partial charge >= 0.3 is 11.9 Å². The Bertz CT molecular complexity index is 1330. The van der Waals surface area contributed by atoms with Crippen LogP contribution >= 0.6 is 11.3 Å². The molecule has 1 N–H and O–H groups in total. The van der Waals surface area contributed by atoms with Crippen LogP contribution in [-0.2, 0) is 27.1 Å². The number of fused-ring (bicyclic) bond motifs is 2. The molecule has 2 unspecified atom stereocenters. The van der Waals surface area contributed by atoms with Gasteiger partial charge in [0, 0.05) is 4.88 Å². The third-order valence-electron chi connectivity index (χ3n) is 6.78. The molecule has 2 aromatic heterocycles. The van der Waals surface area contributed by atoms with E-state index in [4.69, 9.17) is 9.47 Å². The van der Waals surface area contributed by atoms with Crippen LogP contribution < -0.4 is 5.32 Å². The summed E-state index contributed by atoms with van der Waals surface area (Å²) < 4.78 is 10.8. The minimum Gasteiger partial charge on any atom is -0.462 e. The number of anilines is 1. The van der Waals surface area contributed by atoms with Crippen LogP contribution in [-0.4, -0.2) is 40.5 Å². The molecule has 1 aliphatic carbocycles. The SMILES string of the molecule is CCOC(=O)c1c(NC(=O)C(CC)OC(=O)c2cnc3ccccc3n2)sc2c1CCC(C(C)(C)C)C2. The van der Waals surface area contributed by atoms with Crippen molar-refractivity contribution in [2.75, 3.05) is 11.9 Å². The zero-order valence-electron chi connectivity index (χ0n) is 21.9. The van der Waals surface area contributed by atoms with Crippen molar-refractivity contribution in [3.8, 4) is 0 Å². The van der Waals surface area contributed by atoms with Gasteiger partial charge in [0.15, 0.2) is 11.8 Å². The fraction of sp³-hybridized carbons (Fsp3) is 0.464. The summed E-state index contributed by atoms with van der Waals surface area (Å²) in [5, 5.41) is 3.31. The minimum absolute atomic E-state index is 0.0250. The van der Waals surface area contributed by atoms with Gasteiger partial charge in [-0.3, -0.25) is 9.78 Å². The normalized spacial score (nSPS) is 16.1. The predicted molar refractivity (Wildman–Crippen MR) is 143 cm³/mol. The van der Waals surface area contributed by atoms with Crippen molar-refractivity contribution >= 4 is 45.2 Å². The maximum absolute atomic E-state index is 13.2. The summed E-state index contributed by atoms with van der Waals surface area (Å²) in [7, 11) is 0. The van der Waals surface area contributed by atoms with E-state index in [1.807, 2.05) is 6.07 Å². The molecule has 1 aromatic carbocycles. The number of thiophene rings is 1. The zero-order chi connectivity index (χ0) is 26.7. The lowest BCUT2D eigenvalue weighted by Gasteiger charge is -2.33. The van der Waals surface area contributed by atoms with E-state index in [0.29, 0.717) is 27.5 Å². The van der Waals surface area contributed by atoms with Crippen LogP contribution in [0, 0.1) is 11.3 Å². The smallest absolute Gasteiger partial charge is 0.359 e. The molecule has 8 nitrogen and oxygen atoms in total. The molecular formula is C28H33N3O5S. The third-order valence-corrected chi connectivity index (χ3v) is 7.95. The van der Waals surface area contributed by atoms with Gasteiger partial charge in [0.2, 0.25) is 0 Å². The Morgan fingerprint density at radius 3 is 2.54 bits per heavy atom. The van der Waals surface area contributed by atoms with E-state index < -0.39 is 23.9 Å². The largest absolute Gasteiger partial charge is 0.462 e. The highest BCUT2D eigenvalue weighted by Crippen LogP contribution is 2.44. The number of rotatable bonds is 7. The summed E-state index contributed by atoms with van der Waals surface area (Å²) in [6, 6.07) is 7.19. The lowest BCUT2D eigenvalue weighted by molar-refractivity contribution is -0.124. The second kappa shape index (κ2) is 11.0. The van der Waals surface area contributed by atoms with Gasteiger partial charge in [0.25, 0.3) is 5.91 Å². The molecular weight excluding hydrogens is 490 g/mol. The van der Waals surface area contributed by atoms with Crippen molar-refractivity contribution in [1.82, 2.24) is 9.97 Å². The summed E-state index contributed by atoms with van der Waals surface area (Å²) in [5.41, 5.74) is 2.76. The summed E-state index contributed by atoms with van der Waals surface area (Å²) in [4.78, 5) is 48.6. The summed E-state index contributed by atoms with van der Waals surface area (Å²) in [6.45, 7) is 10.4. The number of hydrogen-bond donors (Lipinski definition) is 1. The lowest BCUT2D eigenvalue weighted by atomic mass is 9.72. The topological polar surface area (TPSA) is 107 Å². The van der Waals surface area contributed by atoms with Crippen molar-refractivity contribution in [3.63, 3.8) is 0 Å². The van der Waals surface area contributed by atoms with Gasteiger partial charge in [-0.15, -0.1) is 11.3 Å². The van der Waals surface area contributed by atoms with Crippen LogP contribution in [0.1, 0.15) is 78.7 Å². The number of hydrogen-bond acceptors (Lipinski definition) is 8. The maximum Gasteiger partial charge on any atom is 0.359 e. The Morgan fingerprint density at radius 1 is 1.14 bits per heavy atom. The van der Waals surface area contributed by atoms with E-state index in [0.717, 1.165) is 29.7 Å². The Hall–Kier alpha value is -3.33. The van der Waals surface area contributed by atoms with E-state index in [2.05, 4.69) is 36.1 Å². The number of benzene rings is 1. The Labute approximate surface area is 220 Å². The molecule has 0 spiro atoms. The molecule has 0 radical (unpaired) electrons. The summed E-state index contributed by atoms with van der Waals surface area (Å²) in [6.07, 6.45) is 3.10. The molecule has 2 heterocycles. The molecule has 0 fully saturated rings. The highest BCUT2D eigenvalue weighted by molar-refractivity contribution is 7.17. The van der Waals surface area contributed by atoms with Gasteiger partial charge in [-0.25, -0.2) is 14.6 Å². The first-order valence-electron chi connectivity index (χ1n) is 12.7. The first kappa shape index (κ1) is 26.7. The van der Waals surface area contributed by atoms with E-state index >= 15 is 0 Å². The van der Waals surface area contributed by atoms with E-state index in [1.54, 1.807) is 32.0 Å². The van der Waals surface area contributed by atoms with Crippen molar-refractivity contribution in [3.05, 3.63) is 52.2 Å². The van der Waals surface area contributed by atoms with Crippen LogP contribution in [0.4, 0.5) is 5.00 Å². The molecule has 3 aromatic rings. The van der Waals surface area contributed by atoms with E-state index in [9.17, 15) is 14.4 Å². The first-order valence-corrected chi connectivity index (χ1v) is 13.5. The predicted octanol–water partition coefficient (Wildman–Crippen LogP) is 5.59. The number of nitrogens with zero attached hydrogens (tertiary/aromatic N) is 2. The number of para-hydroxylation sites is 2. The number of amides is 1. The number of carbonyl (C=O) groups is 3. The van der Waals surface area contributed by atoms with Crippen LogP contribution in [0.15, 0.2) is 30.5 Å². The van der Waals surface area contributed by atoms with Crippen LogP contribution in [0.2, 0.25) is 0 Å². The van der Waals surface area contributed by atoms with Crippen LogP contribution in [0.3, 0.4) is 0 Å². The van der Waals surface area contributed by atoms with Crippen molar-refractivity contribution < 1.29 is 23.9 Å². The number of esters is 2. The average molecular weight is 524 g/mol. The molecule has 1 aliphatic rings. The molecule has 1 amide bonds. The van der Waals surface area contributed by atoms with Gasteiger partial charge in [0.1, 0.15) is 5.00 Å². The average Bonchev–Trinajstić information content (AvgIpc) is 3.23. The highest BCUT2D eigenvalue weighted by Gasteiger charge is 2.35. The maximum atomic E-state index is 13.2. The number of carbonyl (C=O) groups excluding carboxylic acids is 3. The van der Waals surface area contributed by atoms with Gasteiger partial charge in [-0.2, -0.15) is 0 Å². The molecule has 2 atom stereocenters. The van der Waals surface area contributed by atoms with E-state index in [-0.39, 0.29) is 24.1 Å². The molecule has 196 valence electrons. The number of ether oxygens (including phenoxy) is 2. The molecule has 0 bridgehead atoms. The lowest BCUT2D eigenvalue weighted by Crippen LogP contribution is -2.32. The minimum atomic E-state index is -1.06. The van der Waals surface area contributed by atoms with Gasteiger partial charge in [-0.1, -0.05) is 39.8 Å². The molecule has 37 heavy (non-hydrogen) atoms. The standard InChI is InChI=1S/C28H33N3O5S/c1-6-21(36-26(33)20-15-29-18-10-8-9-11-19(18)30-20)24(32)31-25-23(27(34)35-7-2)17-13-12-16(28(3,4)5)14-22(17)37-25/h8-11,15-16,21H,6-7,12-14H2,1-5H3,(H,31,32). The second-order valence-electron chi connectivity index (χ2n) is 10.3. The van der Waals surface area contributed by atoms with Gasteiger partial charge in [0.05, 0.1) is 29.4 Å². The van der Waals surface area contributed by atoms with Crippen LogP contribution in [0.25, 0.3) is 11.0 Å². The third kappa shape index (κ3) is 5.82. The Balaban J connectivity index is 1.55. The monoisotopic (exact) mass is 523 g/mol. The summed E-state index contributed by atoms with van der Waals surface area (Å²) >= 11 is 1.41. The quantitative estimate of drug-likeness (QED) is 0.402. The fourth-order valence-corrected chi connectivity index (χ4v) is 5.91. The highest BCUT2D eigenvalue weighted by atomic mass is 32.1. The fourth-order valence-electron chi connectivity index (χ4n) is 4.59. The van der Waals surface area contributed by atoms with Crippen LogP contribution in [0.5, 0.6) is 0 Å². The van der Waals surface area contributed by atoms with E-state index in [1.165, 1.54) is 17.5 Å². The van der Waals surface area contributed by atoms with Crippen molar-refractivity contribution in [1.29, 1.82) is 0 Å². The van der Waals surface area contributed by atoms with Crippen molar-refractivity contribution in [2.45, 2.75) is 66.4 Å². The van der Waals surface area contributed by atoms with Crippen molar-refractivity contribution in [2.24, 2.45) is 11.3 Å². The Kier molecular flexibility index (Phi) is 7.92. The second-order valence-corrected chi connectivity index (χ2v) is 11.4. The Morgan fingerprint density at radius 2 is 1.86 bits per heavy atom. The molecule has 4 rings (SSSR count).